The molecular weight excluding hydrogens is 278 g/mol. The molecule has 0 saturated heterocycles. The molecular formula is C18H25NO3. The fraction of sp³-hybridized carbons (Fsp3) is 0.500. The molecule has 4 heteroatoms. The summed E-state index contributed by atoms with van der Waals surface area (Å²) in [6.45, 7) is 8.40. The Morgan fingerprint density at radius 3 is 2.14 bits per heavy atom. The number of carbonyl (C=O) groups excluding carboxylic acids is 1. The highest BCUT2D eigenvalue weighted by Crippen LogP contribution is 2.59. The third-order valence-corrected chi connectivity index (χ3v) is 4.33. The second-order valence-electron chi connectivity index (χ2n) is 6.66. The van der Waals surface area contributed by atoms with Crippen molar-refractivity contribution >= 4 is 11.6 Å². The maximum Gasteiger partial charge on any atom is 0.228 e. The molecule has 22 heavy (non-hydrogen) atoms. The van der Waals surface area contributed by atoms with Gasteiger partial charge in [0.25, 0.3) is 0 Å². The van der Waals surface area contributed by atoms with Crippen molar-refractivity contribution < 1.29 is 14.3 Å². The minimum Gasteiger partial charge on any atom is -0.497 e. The van der Waals surface area contributed by atoms with Crippen LogP contribution in [0.3, 0.4) is 0 Å². The van der Waals surface area contributed by atoms with E-state index in [4.69, 9.17) is 9.47 Å². The summed E-state index contributed by atoms with van der Waals surface area (Å²) in [5, 5.41) is 2.98. The lowest BCUT2D eigenvalue weighted by Crippen LogP contribution is -2.17. The van der Waals surface area contributed by atoms with Gasteiger partial charge < -0.3 is 14.8 Å². The van der Waals surface area contributed by atoms with Gasteiger partial charge in [0, 0.05) is 23.9 Å². The van der Waals surface area contributed by atoms with Crippen LogP contribution in [0.5, 0.6) is 11.5 Å². The van der Waals surface area contributed by atoms with Crippen LogP contribution in [0, 0.1) is 17.3 Å². The van der Waals surface area contributed by atoms with Crippen LogP contribution in [-0.2, 0) is 4.79 Å². The Labute approximate surface area is 132 Å². The number of methoxy groups -OCH3 is 2. The Morgan fingerprint density at radius 1 is 1.14 bits per heavy atom. The second-order valence-corrected chi connectivity index (χ2v) is 6.66. The fourth-order valence-electron chi connectivity index (χ4n) is 2.95. The molecule has 2 atom stereocenters. The molecule has 2 rings (SSSR count). The molecule has 0 radical (unpaired) electrons. The SMILES string of the molecule is COc1cc(NC(=O)C2C(C=C(C)C)C2(C)C)cc(OC)c1. The summed E-state index contributed by atoms with van der Waals surface area (Å²) in [5.74, 6) is 1.66. The summed E-state index contributed by atoms with van der Waals surface area (Å²) in [6.07, 6.45) is 2.19. The van der Waals surface area contributed by atoms with Gasteiger partial charge in [-0.15, -0.1) is 0 Å². The maximum atomic E-state index is 12.6. The van der Waals surface area contributed by atoms with Crippen molar-refractivity contribution in [1.29, 1.82) is 0 Å². The predicted octanol–water partition coefficient (Wildman–Crippen LogP) is 3.88. The van der Waals surface area contributed by atoms with Crippen molar-refractivity contribution in [3.8, 4) is 11.5 Å². The number of carbonyl (C=O) groups is 1. The van der Waals surface area contributed by atoms with E-state index in [2.05, 4.69) is 39.1 Å². The van der Waals surface area contributed by atoms with Gasteiger partial charge in [-0.3, -0.25) is 4.79 Å². The van der Waals surface area contributed by atoms with E-state index >= 15 is 0 Å². The predicted molar refractivity (Wildman–Crippen MR) is 88.4 cm³/mol. The number of benzene rings is 1. The first kappa shape index (κ1) is 16.4. The van der Waals surface area contributed by atoms with Gasteiger partial charge in [0.1, 0.15) is 11.5 Å². The molecule has 0 aliphatic heterocycles. The molecule has 0 aromatic heterocycles. The Kier molecular flexibility index (Phi) is 4.50. The monoisotopic (exact) mass is 303 g/mol. The number of hydrogen-bond donors (Lipinski definition) is 1. The summed E-state index contributed by atoms with van der Waals surface area (Å²) < 4.78 is 10.5. The molecule has 0 heterocycles. The summed E-state index contributed by atoms with van der Waals surface area (Å²) in [7, 11) is 3.18. The molecule has 0 spiro atoms. The van der Waals surface area contributed by atoms with Gasteiger partial charge in [0.05, 0.1) is 20.1 Å². The number of rotatable bonds is 5. The number of anilines is 1. The lowest BCUT2D eigenvalue weighted by atomic mass is 10.1. The van der Waals surface area contributed by atoms with E-state index in [1.54, 1.807) is 32.4 Å². The minimum absolute atomic E-state index is 0.000374. The van der Waals surface area contributed by atoms with E-state index in [-0.39, 0.29) is 17.2 Å². The summed E-state index contributed by atoms with van der Waals surface area (Å²) in [5.41, 5.74) is 1.95. The quantitative estimate of drug-likeness (QED) is 0.840. The molecule has 1 N–H and O–H groups in total. The molecule has 4 nitrogen and oxygen atoms in total. The van der Waals surface area contributed by atoms with Crippen LogP contribution in [0.15, 0.2) is 29.8 Å². The smallest absolute Gasteiger partial charge is 0.228 e. The zero-order valence-electron chi connectivity index (χ0n) is 14.2. The molecule has 1 aromatic carbocycles. The molecule has 1 aliphatic rings. The standard InChI is InChI=1S/C18H25NO3/c1-11(2)7-15-16(18(15,3)4)17(20)19-12-8-13(21-5)10-14(9-12)22-6/h7-10,15-16H,1-6H3,(H,19,20). The molecule has 1 aliphatic carbocycles. The third-order valence-electron chi connectivity index (χ3n) is 4.33. The number of hydrogen-bond acceptors (Lipinski definition) is 3. The minimum atomic E-state index is -0.000374. The Balaban J connectivity index is 2.15. The van der Waals surface area contributed by atoms with Crippen molar-refractivity contribution in [2.75, 3.05) is 19.5 Å². The lowest BCUT2D eigenvalue weighted by Gasteiger charge is -2.10. The van der Waals surface area contributed by atoms with E-state index < -0.39 is 0 Å². The third kappa shape index (κ3) is 3.26. The number of allylic oxidation sites excluding steroid dienone is 2. The van der Waals surface area contributed by atoms with Crippen LogP contribution < -0.4 is 14.8 Å². The lowest BCUT2D eigenvalue weighted by molar-refractivity contribution is -0.118. The summed E-state index contributed by atoms with van der Waals surface area (Å²) in [4.78, 5) is 12.6. The zero-order chi connectivity index (χ0) is 16.5. The number of ether oxygens (including phenoxy) is 2. The van der Waals surface area contributed by atoms with Gasteiger partial charge in [0.2, 0.25) is 5.91 Å². The van der Waals surface area contributed by atoms with Crippen molar-refractivity contribution in [1.82, 2.24) is 0 Å². The fourth-order valence-corrected chi connectivity index (χ4v) is 2.95. The Bertz CT molecular complexity index is 578. The zero-order valence-corrected chi connectivity index (χ0v) is 14.2. The first-order chi connectivity index (χ1) is 10.3. The van der Waals surface area contributed by atoms with Gasteiger partial charge in [0.15, 0.2) is 0 Å². The summed E-state index contributed by atoms with van der Waals surface area (Å²) >= 11 is 0. The normalized spacial score (nSPS) is 21.7. The highest BCUT2D eigenvalue weighted by Gasteiger charge is 2.60. The van der Waals surface area contributed by atoms with Crippen LogP contribution in [-0.4, -0.2) is 20.1 Å². The molecule has 1 aromatic rings. The van der Waals surface area contributed by atoms with E-state index in [1.807, 2.05) is 0 Å². The molecule has 120 valence electrons. The first-order valence-corrected chi connectivity index (χ1v) is 7.48. The van der Waals surface area contributed by atoms with E-state index in [1.165, 1.54) is 5.57 Å². The highest BCUT2D eigenvalue weighted by molar-refractivity contribution is 5.96. The molecule has 1 saturated carbocycles. The van der Waals surface area contributed by atoms with Gasteiger partial charge in [-0.1, -0.05) is 25.5 Å². The highest BCUT2D eigenvalue weighted by atomic mass is 16.5. The second kappa shape index (κ2) is 6.03. The van der Waals surface area contributed by atoms with Crippen molar-refractivity contribution in [3.63, 3.8) is 0 Å². The van der Waals surface area contributed by atoms with Crippen molar-refractivity contribution in [2.45, 2.75) is 27.7 Å². The van der Waals surface area contributed by atoms with Gasteiger partial charge in [-0.25, -0.2) is 0 Å². The van der Waals surface area contributed by atoms with E-state index in [0.29, 0.717) is 23.1 Å². The Morgan fingerprint density at radius 2 is 1.68 bits per heavy atom. The van der Waals surface area contributed by atoms with E-state index in [9.17, 15) is 4.79 Å². The number of amides is 1. The van der Waals surface area contributed by atoms with Crippen LogP contribution in [0.4, 0.5) is 5.69 Å². The van der Waals surface area contributed by atoms with Crippen LogP contribution in [0.2, 0.25) is 0 Å². The first-order valence-electron chi connectivity index (χ1n) is 7.48. The summed E-state index contributed by atoms with van der Waals surface area (Å²) in [6, 6.07) is 5.38. The molecule has 2 unspecified atom stereocenters. The maximum absolute atomic E-state index is 12.6. The largest absolute Gasteiger partial charge is 0.497 e. The molecule has 0 bridgehead atoms. The topological polar surface area (TPSA) is 47.6 Å². The van der Waals surface area contributed by atoms with Gasteiger partial charge in [-0.2, -0.15) is 0 Å². The van der Waals surface area contributed by atoms with Crippen LogP contribution in [0.25, 0.3) is 0 Å². The van der Waals surface area contributed by atoms with E-state index in [0.717, 1.165) is 0 Å². The Hall–Kier alpha value is -1.97. The van der Waals surface area contributed by atoms with Crippen LogP contribution >= 0.6 is 0 Å². The van der Waals surface area contributed by atoms with Gasteiger partial charge in [-0.05, 0) is 25.2 Å². The molecule has 1 amide bonds. The number of nitrogens with one attached hydrogen (secondary N) is 1. The van der Waals surface area contributed by atoms with Crippen molar-refractivity contribution in [3.05, 3.63) is 29.8 Å². The van der Waals surface area contributed by atoms with Crippen molar-refractivity contribution in [2.24, 2.45) is 17.3 Å². The van der Waals surface area contributed by atoms with Crippen LogP contribution in [0.1, 0.15) is 27.7 Å². The van der Waals surface area contributed by atoms with Gasteiger partial charge >= 0.3 is 0 Å². The molecule has 1 fully saturated rings. The average molecular weight is 303 g/mol. The average Bonchev–Trinajstić information content (AvgIpc) is 2.98.